The quantitative estimate of drug-likeness (QED) is 0.132. The molecule has 0 saturated carbocycles. The van der Waals surface area contributed by atoms with E-state index < -0.39 is 5.44 Å². The molecule has 1 rings (SSSR count). The molecule has 1 unspecified atom stereocenters. The molecule has 1 atom stereocenters. The van der Waals surface area contributed by atoms with Gasteiger partial charge in [-0.2, -0.15) is 5.26 Å². The molecular weight excluding hydrogens is 418 g/mol. The molecule has 0 spiro atoms. The van der Waals surface area contributed by atoms with Gasteiger partial charge in [0, 0.05) is 25.3 Å². The summed E-state index contributed by atoms with van der Waals surface area (Å²) in [6.45, 7) is 10.6. The highest BCUT2D eigenvalue weighted by atomic mass is 32.2. The maximum atomic E-state index is 8.99. The number of nitrogens with zero attached hydrogens (tertiary/aromatic N) is 1. The van der Waals surface area contributed by atoms with Gasteiger partial charge in [-0.15, -0.1) is 0 Å². The summed E-state index contributed by atoms with van der Waals surface area (Å²) < 4.78 is 22.4. The first-order valence-corrected chi connectivity index (χ1v) is 11.7. The molecule has 0 fully saturated rings. The number of unbranched alkanes of at least 4 members (excludes halogenated alkanes) is 1. The van der Waals surface area contributed by atoms with Crippen molar-refractivity contribution in [2.24, 2.45) is 0 Å². The third-order valence-corrected chi connectivity index (χ3v) is 4.54. The third kappa shape index (κ3) is 15.8. The molecule has 0 aliphatic carbocycles. The molecule has 2 N–H and O–H groups in total. The van der Waals surface area contributed by atoms with Crippen molar-refractivity contribution in [3.63, 3.8) is 0 Å². The summed E-state index contributed by atoms with van der Waals surface area (Å²) in [4.78, 5) is 5.44. The number of hydrogen-bond donors (Lipinski definition) is 2. The molecule has 0 heterocycles. The van der Waals surface area contributed by atoms with Gasteiger partial charge in [-0.05, 0) is 30.3 Å². The Hall–Kier alpha value is -1.54. The second kappa shape index (κ2) is 19.2. The molecule has 0 saturated heterocycles. The van der Waals surface area contributed by atoms with E-state index in [-0.39, 0.29) is 6.61 Å². The van der Waals surface area contributed by atoms with Crippen LogP contribution in [0.1, 0.15) is 33.6 Å². The van der Waals surface area contributed by atoms with Gasteiger partial charge in [-0.25, -0.2) is 0 Å². The Kier molecular flexibility index (Phi) is 17.0. The molecule has 0 aliphatic heterocycles. The number of nitriles is 1. The van der Waals surface area contributed by atoms with Crippen LogP contribution >= 0.6 is 11.8 Å². The summed E-state index contributed by atoms with van der Waals surface area (Å²) in [7, 11) is 0. The smallest absolute Gasteiger partial charge is 0.151 e. The first kappa shape index (κ1) is 27.5. The van der Waals surface area contributed by atoms with Crippen molar-refractivity contribution >= 4 is 17.4 Å². The normalized spacial score (nSPS) is 12.0. The predicted molar refractivity (Wildman–Crippen MR) is 124 cm³/mol. The molecule has 0 amide bonds. The molecule has 0 aromatic heterocycles. The average Bonchev–Trinajstić information content (AvgIpc) is 2.76. The summed E-state index contributed by atoms with van der Waals surface area (Å²) in [5.74, 6) is 0.668. The van der Waals surface area contributed by atoms with E-state index in [2.05, 4.69) is 37.0 Å². The predicted octanol–water partition coefficient (Wildman–Crippen LogP) is 3.80. The van der Waals surface area contributed by atoms with Crippen LogP contribution in [0.15, 0.2) is 24.3 Å². The minimum atomic E-state index is -0.399. The lowest BCUT2D eigenvalue weighted by Gasteiger charge is -2.16. The second-order valence-corrected chi connectivity index (χ2v) is 7.93. The number of thiocyanates is 1. The van der Waals surface area contributed by atoms with Gasteiger partial charge in [0.25, 0.3) is 0 Å². The summed E-state index contributed by atoms with van der Waals surface area (Å²) >= 11 is 1.03. The zero-order chi connectivity index (χ0) is 22.6. The molecule has 0 radical (unpaired) electrons. The molecular formula is C22H37N3O5S. The molecule has 0 bridgehead atoms. The maximum absolute atomic E-state index is 8.99. The van der Waals surface area contributed by atoms with Crippen molar-refractivity contribution in [2.45, 2.75) is 45.1 Å². The zero-order valence-corrected chi connectivity index (χ0v) is 19.7. The van der Waals surface area contributed by atoms with Crippen LogP contribution in [0.25, 0.3) is 0 Å². The van der Waals surface area contributed by atoms with Crippen LogP contribution in [0.2, 0.25) is 0 Å². The van der Waals surface area contributed by atoms with Crippen molar-refractivity contribution in [1.29, 1.82) is 5.26 Å². The number of hydrogen-bond acceptors (Lipinski definition) is 9. The first-order valence-electron chi connectivity index (χ1n) is 10.8. The topological polar surface area (TPSA) is 94.0 Å². The summed E-state index contributed by atoms with van der Waals surface area (Å²) in [6.07, 6.45) is 2.19. The van der Waals surface area contributed by atoms with E-state index in [1.165, 1.54) is 0 Å². The number of rotatable bonds is 20. The van der Waals surface area contributed by atoms with Gasteiger partial charge in [0.05, 0.1) is 38.7 Å². The molecule has 8 nitrogen and oxygen atoms in total. The Balaban J connectivity index is 2.22. The fourth-order valence-electron chi connectivity index (χ4n) is 2.33. The van der Waals surface area contributed by atoms with Gasteiger partial charge >= 0.3 is 0 Å². The number of nitrogens with one attached hydrogen (secondary N) is 2. The van der Waals surface area contributed by atoms with E-state index in [0.717, 1.165) is 43.4 Å². The number of thioether (sulfide) groups is 1. The van der Waals surface area contributed by atoms with Gasteiger partial charge in [0.15, 0.2) is 5.44 Å². The largest absolute Gasteiger partial charge is 0.490 e. The van der Waals surface area contributed by atoms with Crippen LogP contribution in [0, 0.1) is 10.7 Å². The Morgan fingerprint density at radius 1 is 1.06 bits per heavy atom. The van der Waals surface area contributed by atoms with Crippen LogP contribution in [0.3, 0.4) is 0 Å². The standard InChI is InChI=1S/C22H37N3O5S/c1-4-5-10-26-12-13-27-14-15-28-22(31-18-23)17-29-21-8-6-7-20(16-21)25-30-11-9-24-19(2)3/h6-8,16,19,22,24-25H,4-5,9-15,17H2,1-3H3. The molecule has 1 aromatic rings. The molecule has 9 heteroatoms. The Bertz CT molecular complexity index is 601. The Morgan fingerprint density at radius 2 is 1.84 bits per heavy atom. The first-order chi connectivity index (χ1) is 15.2. The van der Waals surface area contributed by atoms with E-state index >= 15 is 0 Å². The summed E-state index contributed by atoms with van der Waals surface area (Å²) in [6, 6.07) is 7.88. The van der Waals surface area contributed by atoms with Gasteiger partial charge in [0.1, 0.15) is 17.8 Å². The van der Waals surface area contributed by atoms with E-state index in [9.17, 15) is 0 Å². The number of benzene rings is 1. The number of ether oxygens (including phenoxy) is 4. The fourth-order valence-corrected chi connectivity index (χ4v) is 2.75. The zero-order valence-electron chi connectivity index (χ0n) is 18.9. The van der Waals surface area contributed by atoms with Gasteiger partial charge < -0.3 is 24.3 Å². The van der Waals surface area contributed by atoms with E-state index in [1.54, 1.807) is 0 Å². The maximum Gasteiger partial charge on any atom is 0.151 e. The van der Waals surface area contributed by atoms with Crippen molar-refractivity contribution in [2.75, 3.05) is 58.3 Å². The van der Waals surface area contributed by atoms with Crippen LogP contribution in [0.5, 0.6) is 5.75 Å². The summed E-state index contributed by atoms with van der Waals surface area (Å²) in [5, 5.41) is 14.3. The lowest BCUT2D eigenvalue weighted by atomic mass is 10.3. The molecule has 0 aliphatic rings. The molecule has 31 heavy (non-hydrogen) atoms. The minimum Gasteiger partial charge on any atom is -0.490 e. The van der Waals surface area contributed by atoms with Crippen molar-refractivity contribution in [3.8, 4) is 11.2 Å². The molecule has 1 aromatic carbocycles. The van der Waals surface area contributed by atoms with Crippen molar-refractivity contribution in [3.05, 3.63) is 24.3 Å². The van der Waals surface area contributed by atoms with Crippen LogP contribution in [0.4, 0.5) is 5.69 Å². The summed E-state index contributed by atoms with van der Waals surface area (Å²) in [5.41, 5.74) is 3.30. The second-order valence-electron chi connectivity index (χ2n) is 6.99. The van der Waals surface area contributed by atoms with Crippen LogP contribution in [-0.2, 0) is 19.0 Å². The third-order valence-electron chi connectivity index (χ3n) is 3.90. The van der Waals surface area contributed by atoms with Gasteiger partial charge in [-0.1, -0.05) is 33.3 Å². The van der Waals surface area contributed by atoms with E-state index in [4.69, 9.17) is 29.0 Å². The van der Waals surface area contributed by atoms with Crippen molar-refractivity contribution in [1.82, 2.24) is 5.32 Å². The highest BCUT2D eigenvalue weighted by Gasteiger charge is 2.11. The highest BCUT2D eigenvalue weighted by Crippen LogP contribution is 2.19. The molecule has 176 valence electrons. The van der Waals surface area contributed by atoms with E-state index in [0.29, 0.717) is 44.8 Å². The van der Waals surface area contributed by atoms with Crippen molar-refractivity contribution < 1.29 is 23.8 Å². The Morgan fingerprint density at radius 3 is 2.58 bits per heavy atom. The van der Waals surface area contributed by atoms with E-state index in [1.807, 2.05) is 24.3 Å². The SMILES string of the molecule is CCCCOCCOCCOC(COc1cccc(NOCCNC(C)C)c1)SC#N. The van der Waals surface area contributed by atoms with Crippen LogP contribution in [-0.4, -0.2) is 64.3 Å². The average molecular weight is 456 g/mol. The lowest BCUT2D eigenvalue weighted by Crippen LogP contribution is -2.27. The van der Waals surface area contributed by atoms with Crippen LogP contribution < -0.4 is 15.5 Å². The lowest BCUT2D eigenvalue weighted by molar-refractivity contribution is 0.00126. The van der Waals surface area contributed by atoms with Gasteiger partial charge in [0.2, 0.25) is 0 Å². The van der Waals surface area contributed by atoms with Gasteiger partial charge in [-0.3, -0.25) is 10.3 Å². The monoisotopic (exact) mass is 455 g/mol. The Labute approximate surface area is 190 Å². The number of anilines is 1. The minimum absolute atomic E-state index is 0.251. The highest BCUT2D eigenvalue weighted by molar-refractivity contribution is 8.04. The fraction of sp³-hybridized carbons (Fsp3) is 0.682.